The fourth-order valence-corrected chi connectivity index (χ4v) is 2.81. The Hall–Kier alpha value is -1.66. The first-order valence-corrected chi connectivity index (χ1v) is 7.13. The Morgan fingerprint density at radius 2 is 2.58 bits per heavy atom. The van der Waals surface area contributed by atoms with E-state index in [1.807, 2.05) is 28.4 Å². The van der Waals surface area contributed by atoms with Crippen LogP contribution in [0.3, 0.4) is 0 Å². The molecule has 3 rings (SSSR count). The van der Waals surface area contributed by atoms with E-state index in [1.54, 1.807) is 17.5 Å². The van der Waals surface area contributed by atoms with Gasteiger partial charge in [0, 0.05) is 17.7 Å². The maximum absolute atomic E-state index is 11.8. The van der Waals surface area contributed by atoms with Crippen molar-refractivity contribution in [1.29, 1.82) is 0 Å². The van der Waals surface area contributed by atoms with Gasteiger partial charge in [0.1, 0.15) is 0 Å². The average molecular weight is 277 g/mol. The lowest BCUT2D eigenvalue weighted by atomic mass is 10.3. The van der Waals surface area contributed by atoms with E-state index < -0.39 is 0 Å². The summed E-state index contributed by atoms with van der Waals surface area (Å²) in [7, 11) is 0. The van der Waals surface area contributed by atoms with Crippen molar-refractivity contribution in [3.63, 3.8) is 0 Å². The van der Waals surface area contributed by atoms with E-state index in [0.29, 0.717) is 19.1 Å². The predicted octanol–water partition coefficient (Wildman–Crippen LogP) is 2.09. The summed E-state index contributed by atoms with van der Waals surface area (Å²) in [5, 5.41) is 9.11. The highest BCUT2D eigenvalue weighted by Crippen LogP contribution is 2.19. The molecule has 0 saturated carbocycles. The Bertz CT molecular complexity index is 544. The monoisotopic (exact) mass is 277 g/mol. The lowest BCUT2D eigenvalue weighted by molar-refractivity contribution is -0.115. The molecule has 0 aromatic carbocycles. The summed E-state index contributed by atoms with van der Waals surface area (Å²) >= 11 is 1.59. The van der Waals surface area contributed by atoms with Crippen LogP contribution in [0.1, 0.15) is 17.3 Å². The molecule has 2 aromatic heterocycles. The van der Waals surface area contributed by atoms with Gasteiger partial charge < -0.3 is 10.1 Å². The van der Waals surface area contributed by atoms with Crippen LogP contribution >= 0.6 is 11.3 Å². The standard InChI is InChI=1S/C13H15N3O2S/c17-13(6-12-2-1-5-19-12)15-10-7-14-16(8-10)11-3-4-18-9-11/h1-2,5,7-8,11H,3-4,6,9H2,(H,15,17)/t11-/m0/s1. The van der Waals surface area contributed by atoms with Gasteiger partial charge in [-0.15, -0.1) is 11.3 Å². The zero-order valence-corrected chi connectivity index (χ0v) is 11.2. The Kier molecular flexibility index (Phi) is 3.61. The van der Waals surface area contributed by atoms with E-state index in [0.717, 1.165) is 23.6 Å². The zero-order chi connectivity index (χ0) is 13.1. The number of anilines is 1. The van der Waals surface area contributed by atoms with Gasteiger partial charge in [0.15, 0.2) is 0 Å². The second kappa shape index (κ2) is 5.54. The van der Waals surface area contributed by atoms with Crippen LogP contribution < -0.4 is 5.32 Å². The molecule has 1 N–H and O–H groups in total. The van der Waals surface area contributed by atoms with Gasteiger partial charge in [0.25, 0.3) is 0 Å². The van der Waals surface area contributed by atoms with Crippen LogP contribution in [0.15, 0.2) is 29.9 Å². The summed E-state index contributed by atoms with van der Waals surface area (Å²) in [6, 6.07) is 4.21. The average Bonchev–Trinajstić information content (AvgIpc) is 3.09. The third-order valence-electron chi connectivity index (χ3n) is 3.08. The Balaban J connectivity index is 1.59. The van der Waals surface area contributed by atoms with Crippen LogP contribution in [0.4, 0.5) is 5.69 Å². The van der Waals surface area contributed by atoms with Crippen molar-refractivity contribution >= 4 is 22.9 Å². The quantitative estimate of drug-likeness (QED) is 0.931. The summed E-state index contributed by atoms with van der Waals surface area (Å²) in [4.78, 5) is 12.9. The van der Waals surface area contributed by atoms with Crippen molar-refractivity contribution in [3.8, 4) is 0 Å². The number of thiophene rings is 1. The fourth-order valence-electron chi connectivity index (χ4n) is 2.11. The third-order valence-corrected chi connectivity index (χ3v) is 3.96. The first kappa shape index (κ1) is 12.4. The minimum Gasteiger partial charge on any atom is -0.379 e. The Labute approximate surface area is 115 Å². The lowest BCUT2D eigenvalue weighted by Gasteiger charge is -2.06. The lowest BCUT2D eigenvalue weighted by Crippen LogP contribution is -2.13. The molecule has 5 nitrogen and oxygen atoms in total. The number of nitrogens with zero attached hydrogens (tertiary/aromatic N) is 2. The van der Waals surface area contributed by atoms with Crippen LogP contribution in [0, 0.1) is 0 Å². The first-order valence-electron chi connectivity index (χ1n) is 6.25. The molecule has 1 amide bonds. The number of nitrogens with one attached hydrogen (secondary N) is 1. The van der Waals surface area contributed by atoms with E-state index in [9.17, 15) is 4.79 Å². The fraction of sp³-hybridized carbons (Fsp3) is 0.385. The molecule has 1 aliphatic heterocycles. The molecule has 1 saturated heterocycles. The van der Waals surface area contributed by atoms with Crippen molar-refractivity contribution in [2.45, 2.75) is 18.9 Å². The largest absolute Gasteiger partial charge is 0.379 e. The molecular weight excluding hydrogens is 262 g/mol. The van der Waals surface area contributed by atoms with Crippen molar-refractivity contribution in [2.75, 3.05) is 18.5 Å². The van der Waals surface area contributed by atoms with Gasteiger partial charge in [0.05, 0.1) is 31.0 Å². The molecule has 19 heavy (non-hydrogen) atoms. The van der Waals surface area contributed by atoms with Crippen LogP contribution in [0.5, 0.6) is 0 Å². The number of carbonyl (C=O) groups is 1. The van der Waals surface area contributed by atoms with E-state index in [-0.39, 0.29) is 5.91 Å². The molecular formula is C13H15N3O2S. The molecule has 1 fully saturated rings. The van der Waals surface area contributed by atoms with Gasteiger partial charge in [-0.1, -0.05) is 6.07 Å². The summed E-state index contributed by atoms with van der Waals surface area (Å²) in [5.74, 6) is -0.00956. The first-order chi connectivity index (χ1) is 9.31. The molecule has 3 heterocycles. The second-order valence-electron chi connectivity index (χ2n) is 4.53. The number of hydrogen-bond acceptors (Lipinski definition) is 4. The minimum absolute atomic E-state index is 0.00956. The molecule has 100 valence electrons. The second-order valence-corrected chi connectivity index (χ2v) is 5.56. The molecule has 0 bridgehead atoms. The number of rotatable bonds is 4. The number of aromatic nitrogens is 2. The molecule has 1 atom stereocenters. The highest BCUT2D eigenvalue weighted by atomic mass is 32.1. The number of hydrogen-bond donors (Lipinski definition) is 1. The molecule has 0 radical (unpaired) electrons. The van der Waals surface area contributed by atoms with E-state index in [2.05, 4.69) is 10.4 Å². The van der Waals surface area contributed by atoms with Gasteiger partial charge in [-0.25, -0.2) is 0 Å². The number of carbonyl (C=O) groups excluding carboxylic acids is 1. The van der Waals surface area contributed by atoms with Crippen molar-refractivity contribution in [3.05, 3.63) is 34.8 Å². The molecule has 2 aromatic rings. The van der Waals surface area contributed by atoms with E-state index in [4.69, 9.17) is 4.74 Å². The van der Waals surface area contributed by atoms with Gasteiger partial charge in [0.2, 0.25) is 5.91 Å². The number of ether oxygens (including phenoxy) is 1. The maximum Gasteiger partial charge on any atom is 0.229 e. The van der Waals surface area contributed by atoms with Gasteiger partial charge in [-0.05, 0) is 17.9 Å². The topological polar surface area (TPSA) is 56.2 Å². The van der Waals surface area contributed by atoms with Crippen LogP contribution in [0.2, 0.25) is 0 Å². The summed E-state index contributed by atoms with van der Waals surface area (Å²) in [6.07, 6.45) is 4.94. The minimum atomic E-state index is -0.00956. The zero-order valence-electron chi connectivity index (χ0n) is 10.4. The van der Waals surface area contributed by atoms with Crippen LogP contribution in [-0.4, -0.2) is 28.9 Å². The van der Waals surface area contributed by atoms with Gasteiger partial charge in [-0.2, -0.15) is 5.10 Å². The molecule has 6 heteroatoms. The van der Waals surface area contributed by atoms with Crippen molar-refractivity contribution < 1.29 is 9.53 Å². The molecule has 0 aliphatic carbocycles. The highest BCUT2D eigenvalue weighted by molar-refractivity contribution is 7.10. The maximum atomic E-state index is 11.8. The smallest absolute Gasteiger partial charge is 0.229 e. The van der Waals surface area contributed by atoms with Crippen LogP contribution in [-0.2, 0) is 16.0 Å². The Morgan fingerprint density at radius 3 is 3.32 bits per heavy atom. The summed E-state index contributed by atoms with van der Waals surface area (Å²) in [6.45, 7) is 1.48. The molecule has 0 unspecified atom stereocenters. The number of amides is 1. The third kappa shape index (κ3) is 3.02. The Morgan fingerprint density at radius 1 is 1.63 bits per heavy atom. The van der Waals surface area contributed by atoms with Crippen molar-refractivity contribution in [2.24, 2.45) is 0 Å². The SMILES string of the molecule is O=C(Cc1cccs1)Nc1cnn([C@H]2CCOC2)c1. The van der Waals surface area contributed by atoms with E-state index >= 15 is 0 Å². The molecule has 1 aliphatic rings. The van der Waals surface area contributed by atoms with Crippen molar-refractivity contribution in [1.82, 2.24) is 9.78 Å². The van der Waals surface area contributed by atoms with E-state index in [1.165, 1.54) is 0 Å². The van der Waals surface area contributed by atoms with Gasteiger partial charge >= 0.3 is 0 Å². The molecule has 0 spiro atoms. The predicted molar refractivity (Wildman–Crippen MR) is 73.4 cm³/mol. The summed E-state index contributed by atoms with van der Waals surface area (Å²) in [5.41, 5.74) is 0.744. The normalized spacial score (nSPS) is 18.6. The van der Waals surface area contributed by atoms with Gasteiger partial charge in [-0.3, -0.25) is 9.48 Å². The summed E-state index contributed by atoms with van der Waals surface area (Å²) < 4.78 is 7.19. The van der Waals surface area contributed by atoms with Crippen LogP contribution in [0.25, 0.3) is 0 Å². The highest BCUT2D eigenvalue weighted by Gasteiger charge is 2.18.